The fourth-order valence-electron chi connectivity index (χ4n) is 1.87. The quantitative estimate of drug-likeness (QED) is 0.627. The van der Waals surface area contributed by atoms with E-state index in [2.05, 4.69) is 29.4 Å². The van der Waals surface area contributed by atoms with Crippen LogP contribution in [0.25, 0.3) is 0 Å². The van der Waals surface area contributed by atoms with Crippen LogP contribution in [0.4, 0.5) is 0 Å². The molecule has 0 atom stereocenters. The Labute approximate surface area is 141 Å². The average molecular weight is 327 g/mol. The lowest BCUT2D eigenvalue weighted by molar-refractivity contribution is 0.0955. The van der Waals surface area contributed by atoms with E-state index in [0.29, 0.717) is 29.6 Å². The molecule has 0 aliphatic carbocycles. The normalized spacial score (nSPS) is 10.8. The molecule has 6 nitrogen and oxygen atoms in total. The highest BCUT2D eigenvalue weighted by Crippen LogP contribution is 2.27. The van der Waals surface area contributed by atoms with E-state index < -0.39 is 0 Å². The number of nitrogens with one attached hydrogen (secondary N) is 1. The molecule has 0 bridgehead atoms. The van der Waals surface area contributed by atoms with Gasteiger partial charge >= 0.3 is 0 Å². The highest BCUT2D eigenvalue weighted by Gasteiger charge is 2.07. The second kappa shape index (κ2) is 8.67. The van der Waals surface area contributed by atoms with Crippen LogP contribution in [0.15, 0.2) is 47.8 Å². The van der Waals surface area contributed by atoms with Crippen molar-refractivity contribution in [2.75, 3.05) is 13.7 Å². The molecule has 2 aromatic rings. The third kappa shape index (κ3) is 5.08. The first-order valence-electron chi connectivity index (χ1n) is 7.64. The van der Waals surface area contributed by atoms with Gasteiger partial charge in [0.2, 0.25) is 0 Å². The van der Waals surface area contributed by atoms with E-state index in [1.54, 1.807) is 37.7 Å². The van der Waals surface area contributed by atoms with Crippen LogP contribution in [-0.4, -0.2) is 30.8 Å². The van der Waals surface area contributed by atoms with Crippen LogP contribution >= 0.6 is 0 Å². The van der Waals surface area contributed by atoms with Gasteiger partial charge in [0.25, 0.3) is 5.91 Å². The van der Waals surface area contributed by atoms with Crippen LogP contribution in [0.1, 0.15) is 29.8 Å². The molecule has 24 heavy (non-hydrogen) atoms. The van der Waals surface area contributed by atoms with Crippen molar-refractivity contribution < 1.29 is 14.3 Å². The summed E-state index contributed by atoms with van der Waals surface area (Å²) in [5.41, 5.74) is 3.71. The Bertz CT molecular complexity index is 700. The van der Waals surface area contributed by atoms with Gasteiger partial charge in [-0.2, -0.15) is 5.10 Å². The van der Waals surface area contributed by atoms with E-state index >= 15 is 0 Å². The molecule has 126 valence electrons. The number of carbonyl (C=O) groups is 1. The molecule has 0 fully saturated rings. The van der Waals surface area contributed by atoms with E-state index in [1.807, 2.05) is 12.1 Å². The van der Waals surface area contributed by atoms with Gasteiger partial charge in [0, 0.05) is 12.4 Å². The van der Waals surface area contributed by atoms with E-state index in [-0.39, 0.29) is 5.91 Å². The fourth-order valence-corrected chi connectivity index (χ4v) is 1.87. The second-order valence-corrected chi connectivity index (χ2v) is 5.56. The van der Waals surface area contributed by atoms with Gasteiger partial charge in [-0.1, -0.05) is 13.8 Å². The second-order valence-electron chi connectivity index (χ2n) is 5.56. The maximum Gasteiger partial charge on any atom is 0.272 e. The maximum absolute atomic E-state index is 11.9. The predicted octanol–water partition coefficient (Wildman–Crippen LogP) is 2.89. The van der Waals surface area contributed by atoms with Gasteiger partial charge in [0.1, 0.15) is 0 Å². The zero-order valence-electron chi connectivity index (χ0n) is 14.0. The first kappa shape index (κ1) is 17.5. The number of methoxy groups -OCH3 is 1. The lowest BCUT2D eigenvalue weighted by Gasteiger charge is -2.12. The number of ether oxygens (including phenoxy) is 2. The van der Waals surface area contributed by atoms with Crippen LogP contribution < -0.4 is 14.9 Å². The third-order valence-corrected chi connectivity index (χ3v) is 3.06. The van der Waals surface area contributed by atoms with Gasteiger partial charge in [0.15, 0.2) is 11.5 Å². The van der Waals surface area contributed by atoms with Crippen molar-refractivity contribution in [3.8, 4) is 11.5 Å². The Hall–Kier alpha value is -2.89. The summed E-state index contributed by atoms with van der Waals surface area (Å²) in [5.74, 6) is 1.40. The molecule has 6 heteroatoms. The SMILES string of the molecule is COc1ccc(/C=N/NC(=O)c2cccnc2)cc1OCC(C)C. The summed E-state index contributed by atoms with van der Waals surface area (Å²) >= 11 is 0. The molecule has 1 amide bonds. The highest BCUT2D eigenvalue weighted by atomic mass is 16.5. The lowest BCUT2D eigenvalue weighted by Crippen LogP contribution is -2.17. The van der Waals surface area contributed by atoms with E-state index in [1.165, 1.54) is 6.20 Å². The summed E-state index contributed by atoms with van der Waals surface area (Å²) in [5, 5.41) is 3.96. The first-order chi connectivity index (χ1) is 11.6. The van der Waals surface area contributed by atoms with Gasteiger partial charge < -0.3 is 9.47 Å². The summed E-state index contributed by atoms with van der Waals surface area (Å²) in [4.78, 5) is 15.8. The number of nitrogens with zero attached hydrogens (tertiary/aromatic N) is 2. The maximum atomic E-state index is 11.9. The van der Waals surface area contributed by atoms with Crippen molar-refractivity contribution in [1.29, 1.82) is 0 Å². The molecule has 0 saturated carbocycles. The molecule has 0 saturated heterocycles. The molecule has 0 unspecified atom stereocenters. The van der Waals surface area contributed by atoms with Crippen molar-refractivity contribution >= 4 is 12.1 Å². The summed E-state index contributed by atoms with van der Waals surface area (Å²) in [6, 6.07) is 8.82. The smallest absolute Gasteiger partial charge is 0.272 e. The number of aromatic nitrogens is 1. The Balaban J connectivity index is 2.03. The monoisotopic (exact) mass is 327 g/mol. The molecule has 1 aromatic heterocycles. The van der Waals surface area contributed by atoms with Gasteiger partial charge in [-0.15, -0.1) is 0 Å². The van der Waals surface area contributed by atoms with E-state index in [9.17, 15) is 4.79 Å². The zero-order chi connectivity index (χ0) is 17.4. The van der Waals surface area contributed by atoms with Gasteiger partial charge in [-0.25, -0.2) is 5.43 Å². The van der Waals surface area contributed by atoms with Gasteiger partial charge in [-0.3, -0.25) is 9.78 Å². The number of hydrogen-bond donors (Lipinski definition) is 1. The number of rotatable bonds is 7. The Morgan fingerprint density at radius 3 is 2.83 bits per heavy atom. The Kier molecular flexibility index (Phi) is 6.31. The van der Waals surface area contributed by atoms with Crippen LogP contribution in [0.5, 0.6) is 11.5 Å². The molecule has 1 aromatic carbocycles. The molecule has 0 aliphatic heterocycles. The molecule has 1 heterocycles. The third-order valence-electron chi connectivity index (χ3n) is 3.06. The number of benzene rings is 1. The van der Waals surface area contributed by atoms with Crippen molar-refractivity contribution in [1.82, 2.24) is 10.4 Å². The van der Waals surface area contributed by atoms with Crippen molar-refractivity contribution in [3.63, 3.8) is 0 Å². The zero-order valence-corrected chi connectivity index (χ0v) is 14.0. The minimum atomic E-state index is -0.316. The molecule has 0 radical (unpaired) electrons. The van der Waals surface area contributed by atoms with Crippen molar-refractivity contribution in [3.05, 3.63) is 53.9 Å². The molecule has 0 aliphatic rings. The predicted molar refractivity (Wildman–Crippen MR) is 92.6 cm³/mol. The van der Waals surface area contributed by atoms with Crippen LogP contribution in [0, 0.1) is 5.92 Å². The lowest BCUT2D eigenvalue weighted by atomic mass is 10.2. The van der Waals surface area contributed by atoms with Crippen LogP contribution in [0.2, 0.25) is 0 Å². The number of hydrazone groups is 1. The number of pyridine rings is 1. The highest BCUT2D eigenvalue weighted by molar-refractivity contribution is 5.94. The summed E-state index contributed by atoms with van der Waals surface area (Å²) in [7, 11) is 1.60. The Morgan fingerprint density at radius 1 is 1.33 bits per heavy atom. The number of amides is 1. The first-order valence-corrected chi connectivity index (χ1v) is 7.64. The summed E-state index contributed by atoms with van der Waals surface area (Å²) in [6.07, 6.45) is 4.64. The molecule has 1 N–H and O–H groups in total. The van der Waals surface area contributed by atoms with Gasteiger partial charge in [-0.05, 0) is 41.8 Å². The van der Waals surface area contributed by atoms with Crippen LogP contribution in [-0.2, 0) is 0 Å². The number of hydrogen-bond acceptors (Lipinski definition) is 5. The van der Waals surface area contributed by atoms with Crippen molar-refractivity contribution in [2.45, 2.75) is 13.8 Å². The molecule has 2 rings (SSSR count). The van der Waals surface area contributed by atoms with E-state index in [0.717, 1.165) is 5.56 Å². The van der Waals surface area contributed by atoms with Crippen molar-refractivity contribution in [2.24, 2.45) is 11.0 Å². The van der Waals surface area contributed by atoms with Crippen LogP contribution in [0.3, 0.4) is 0 Å². The average Bonchev–Trinajstić information content (AvgIpc) is 2.60. The molecular weight excluding hydrogens is 306 g/mol. The number of carbonyl (C=O) groups excluding carboxylic acids is 1. The summed E-state index contributed by atoms with van der Waals surface area (Å²) < 4.78 is 11.0. The standard InChI is InChI=1S/C18H21N3O3/c1-13(2)12-24-17-9-14(6-7-16(17)23-3)10-20-21-18(22)15-5-4-8-19-11-15/h4-11,13H,12H2,1-3H3,(H,21,22)/b20-10+. The Morgan fingerprint density at radius 2 is 2.17 bits per heavy atom. The summed E-state index contributed by atoms with van der Waals surface area (Å²) in [6.45, 7) is 4.74. The largest absolute Gasteiger partial charge is 0.493 e. The minimum absolute atomic E-state index is 0.316. The van der Waals surface area contributed by atoms with E-state index in [4.69, 9.17) is 9.47 Å². The fraction of sp³-hybridized carbons (Fsp3) is 0.278. The topological polar surface area (TPSA) is 72.8 Å². The molecule has 0 spiro atoms. The molecular formula is C18H21N3O3. The van der Waals surface area contributed by atoms with Gasteiger partial charge in [0.05, 0.1) is 25.5 Å². The minimum Gasteiger partial charge on any atom is -0.493 e.